The van der Waals surface area contributed by atoms with Crippen molar-refractivity contribution in [3.05, 3.63) is 88.7 Å². The second-order valence-electron chi connectivity index (χ2n) is 8.68. The second kappa shape index (κ2) is 8.88. The van der Waals surface area contributed by atoms with Crippen molar-refractivity contribution in [2.75, 3.05) is 5.32 Å². The van der Waals surface area contributed by atoms with E-state index in [1.165, 1.54) is 0 Å². The zero-order valence-electron chi connectivity index (χ0n) is 18.7. The van der Waals surface area contributed by atoms with E-state index in [1.54, 1.807) is 29.5 Å². The molecule has 6 rings (SSSR count). The molecule has 1 fully saturated rings. The van der Waals surface area contributed by atoms with Crippen LogP contribution in [0.2, 0.25) is 5.02 Å². The van der Waals surface area contributed by atoms with Crippen molar-refractivity contribution in [1.29, 1.82) is 0 Å². The van der Waals surface area contributed by atoms with Crippen LogP contribution in [0, 0.1) is 0 Å². The highest BCUT2D eigenvalue weighted by molar-refractivity contribution is 7.90. The fourth-order valence-electron chi connectivity index (χ4n) is 4.42. The van der Waals surface area contributed by atoms with E-state index < -0.39 is 21.2 Å². The van der Waals surface area contributed by atoms with Gasteiger partial charge in [0, 0.05) is 5.02 Å². The van der Waals surface area contributed by atoms with E-state index in [0.29, 0.717) is 17.0 Å². The summed E-state index contributed by atoms with van der Waals surface area (Å²) in [5.74, 6) is 0.262. The average molecular weight is 538 g/mol. The summed E-state index contributed by atoms with van der Waals surface area (Å²) < 4.78 is 27.6. The number of thiazole rings is 1. The lowest BCUT2D eigenvalue weighted by molar-refractivity contribution is -0.118. The quantitative estimate of drug-likeness (QED) is 0.277. The summed E-state index contributed by atoms with van der Waals surface area (Å²) in [7, 11) is -3.68. The lowest BCUT2D eigenvalue weighted by Crippen LogP contribution is -2.21. The molecule has 36 heavy (non-hydrogen) atoms. The van der Waals surface area contributed by atoms with Crippen molar-refractivity contribution < 1.29 is 13.2 Å². The Kier molecular flexibility index (Phi) is 5.66. The van der Waals surface area contributed by atoms with Gasteiger partial charge in [-0.2, -0.15) is 0 Å². The maximum atomic E-state index is 12.2. The van der Waals surface area contributed by atoms with Crippen molar-refractivity contribution in [2.24, 2.45) is 0 Å². The number of benzene rings is 3. The Morgan fingerprint density at radius 2 is 1.86 bits per heavy atom. The number of hydrogen-bond donors (Lipinski definition) is 3. The minimum atomic E-state index is -3.68. The average Bonchev–Trinajstić information content (AvgIpc) is 3.52. The Morgan fingerprint density at radius 3 is 2.61 bits per heavy atom. The summed E-state index contributed by atoms with van der Waals surface area (Å²) in [6, 6.07) is 20.6. The van der Waals surface area contributed by atoms with Crippen LogP contribution in [-0.4, -0.2) is 29.3 Å². The number of aromatic amines is 1. The van der Waals surface area contributed by atoms with Crippen LogP contribution in [0.1, 0.15) is 34.7 Å². The number of fused-ring (bicyclic) bond motifs is 2. The number of nitrogens with one attached hydrogen (secondary N) is 3. The summed E-state index contributed by atoms with van der Waals surface area (Å²) in [6.07, 6.45) is 0.503. The van der Waals surface area contributed by atoms with Crippen molar-refractivity contribution in [1.82, 2.24) is 19.7 Å². The van der Waals surface area contributed by atoms with E-state index in [9.17, 15) is 13.2 Å². The molecule has 0 unspecified atom stereocenters. The van der Waals surface area contributed by atoms with Crippen LogP contribution in [0.25, 0.3) is 21.3 Å². The molecule has 0 radical (unpaired) electrons. The molecule has 1 amide bonds. The van der Waals surface area contributed by atoms with Crippen molar-refractivity contribution in [3.63, 3.8) is 0 Å². The Labute approximate surface area is 215 Å². The van der Waals surface area contributed by atoms with E-state index in [0.717, 1.165) is 37.8 Å². The van der Waals surface area contributed by atoms with Gasteiger partial charge in [-0.15, -0.1) is 0 Å². The SMILES string of the molecule is O=C1C[C@@H](c2ccc(C[C@H](Nc3nc4ccccc4s3)c3nc4ccc(Cl)cc4[nH]3)cc2)S(=O)(=O)N1. The fraction of sp³-hybridized carbons (Fsp3) is 0.160. The van der Waals surface area contributed by atoms with E-state index in [2.05, 4.69) is 15.0 Å². The van der Waals surface area contributed by atoms with Gasteiger partial charge in [0.2, 0.25) is 15.9 Å². The van der Waals surface area contributed by atoms with E-state index in [4.69, 9.17) is 21.6 Å². The summed E-state index contributed by atoms with van der Waals surface area (Å²) >= 11 is 7.74. The number of aromatic nitrogens is 3. The molecule has 0 spiro atoms. The molecule has 1 aliphatic rings. The maximum absolute atomic E-state index is 12.2. The Morgan fingerprint density at radius 1 is 1.06 bits per heavy atom. The van der Waals surface area contributed by atoms with Gasteiger partial charge in [0.25, 0.3) is 0 Å². The highest BCUT2D eigenvalue weighted by Gasteiger charge is 2.37. The third-order valence-electron chi connectivity index (χ3n) is 6.18. The molecular formula is C25H20ClN5O3S2. The number of carbonyl (C=O) groups is 1. The van der Waals surface area contributed by atoms with Gasteiger partial charge in [-0.3, -0.25) is 9.52 Å². The van der Waals surface area contributed by atoms with Gasteiger partial charge >= 0.3 is 0 Å². The molecule has 0 saturated carbocycles. The van der Waals surface area contributed by atoms with Gasteiger partial charge in [-0.05, 0) is 47.9 Å². The first-order valence-corrected chi connectivity index (χ1v) is 14.0. The van der Waals surface area contributed by atoms with Crippen molar-refractivity contribution in [3.8, 4) is 0 Å². The van der Waals surface area contributed by atoms with Gasteiger partial charge in [0.1, 0.15) is 11.1 Å². The molecule has 3 heterocycles. The molecule has 2 aromatic heterocycles. The third kappa shape index (κ3) is 4.43. The first-order valence-electron chi connectivity index (χ1n) is 11.2. The van der Waals surface area contributed by atoms with Gasteiger partial charge in [-0.1, -0.05) is 59.3 Å². The monoisotopic (exact) mass is 537 g/mol. The molecule has 3 N–H and O–H groups in total. The summed E-state index contributed by atoms with van der Waals surface area (Å²) in [4.78, 5) is 24.5. The molecule has 5 aromatic rings. The lowest BCUT2D eigenvalue weighted by atomic mass is 10.0. The highest BCUT2D eigenvalue weighted by Crippen LogP contribution is 2.33. The number of hydrogen-bond acceptors (Lipinski definition) is 7. The zero-order valence-corrected chi connectivity index (χ0v) is 21.1. The molecular weight excluding hydrogens is 518 g/mol. The van der Waals surface area contributed by atoms with Crippen LogP contribution in [0.15, 0.2) is 66.7 Å². The Bertz CT molecular complexity index is 1680. The van der Waals surface area contributed by atoms with Crippen LogP contribution in [0.3, 0.4) is 0 Å². The van der Waals surface area contributed by atoms with E-state index in [-0.39, 0.29) is 12.5 Å². The van der Waals surface area contributed by atoms with Crippen LogP contribution < -0.4 is 10.0 Å². The number of nitrogens with zero attached hydrogens (tertiary/aromatic N) is 2. The van der Waals surface area contributed by atoms with Crippen LogP contribution in [-0.2, 0) is 21.2 Å². The summed E-state index contributed by atoms with van der Waals surface area (Å²) in [5.41, 5.74) is 4.14. The maximum Gasteiger partial charge on any atom is 0.242 e. The molecule has 0 bridgehead atoms. The summed E-state index contributed by atoms with van der Waals surface area (Å²) in [5, 5.41) is 4.06. The number of rotatable bonds is 6. The van der Waals surface area contributed by atoms with Gasteiger partial charge in [0.15, 0.2) is 5.13 Å². The number of sulfonamides is 1. The second-order valence-corrected chi connectivity index (χ2v) is 12.0. The Balaban J connectivity index is 1.32. The number of imidazole rings is 1. The van der Waals surface area contributed by atoms with Gasteiger partial charge < -0.3 is 10.3 Å². The van der Waals surface area contributed by atoms with Crippen molar-refractivity contribution >= 4 is 65.2 Å². The predicted octanol–water partition coefficient (Wildman–Crippen LogP) is 5.11. The molecule has 1 saturated heterocycles. The molecule has 11 heteroatoms. The lowest BCUT2D eigenvalue weighted by Gasteiger charge is -2.17. The third-order valence-corrected chi connectivity index (χ3v) is 9.08. The zero-order chi connectivity index (χ0) is 24.9. The number of amides is 1. The predicted molar refractivity (Wildman–Crippen MR) is 142 cm³/mol. The molecule has 3 aromatic carbocycles. The van der Waals surface area contributed by atoms with E-state index >= 15 is 0 Å². The first kappa shape index (κ1) is 23.0. The minimum Gasteiger partial charge on any atom is -0.351 e. The van der Waals surface area contributed by atoms with Crippen LogP contribution in [0.4, 0.5) is 5.13 Å². The Hall–Kier alpha value is -3.47. The number of halogens is 1. The van der Waals surface area contributed by atoms with E-state index in [1.807, 2.05) is 48.5 Å². The molecule has 8 nitrogen and oxygen atoms in total. The number of para-hydroxylation sites is 1. The normalized spacial score (nSPS) is 17.9. The van der Waals surface area contributed by atoms with Crippen molar-refractivity contribution in [2.45, 2.75) is 24.1 Å². The van der Waals surface area contributed by atoms with Crippen LogP contribution in [0.5, 0.6) is 0 Å². The van der Waals surface area contributed by atoms with Gasteiger partial charge in [-0.25, -0.2) is 18.4 Å². The number of anilines is 1. The smallest absolute Gasteiger partial charge is 0.242 e. The molecule has 2 atom stereocenters. The highest BCUT2D eigenvalue weighted by atomic mass is 35.5. The summed E-state index contributed by atoms with van der Waals surface area (Å²) in [6.45, 7) is 0. The molecule has 0 aliphatic carbocycles. The topological polar surface area (TPSA) is 117 Å². The standard InChI is InChI=1S/C25H20ClN5O3S2/c26-16-9-10-17-19(12-16)28-24(27-17)20(30-25-29-18-3-1-2-4-21(18)35-25)11-14-5-7-15(8-6-14)22-13-23(32)31-36(22,33)34/h1-10,12,20,22H,11,13H2,(H,27,28)(H,29,30)(H,31,32)/t20-,22-/m0/s1. The number of H-pyrrole nitrogens is 1. The molecule has 1 aliphatic heterocycles. The van der Waals surface area contributed by atoms with Crippen LogP contribution >= 0.6 is 22.9 Å². The number of carbonyl (C=O) groups excluding carboxylic acids is 1. The van der Waals surface area contributed by atoms with Gasteiger partial charge in [0.05, 0.1) is 33.7 Å². The fourth-order valence-corrected chi connectivity index (χ4v) is 6.94. The first-order chi connectivity index (χ1) is 17.3. The minimum absolute atomic E-state index is 0.0645. The molecule has 182 valence electrons. The largest absolute Gasteiger partial charge is 0.351 e.